The summed E-state index contributed by atoms with van der Waals surface area (Å²) in [6.07, 6.45) is 0. The highest BCUT2D eigenvalue weighted by Crippen LogP contribution is 2.16. The monoisotopic (exact) mass is 313 g/mol. The molecule has 0 fully saturated rings. The number of nitrogens with one attached hydrogen (secondary N) is 1. The smallest absolute Gasteiger partial charge is 0.337 e. The zero-order chi connectivity index (χ0) is 16.8. The first-order valence-electron chi connectivity index (χ1n) is 7.17. The van der Waals surface area contributed by atoms with E-state index in [1.807, 2.05) is 32.0 Å². The number of rotatable bonds is 5. The van der Waals surface area contributed by atoms with Gasteiger partial charge in [-0.25, -0.2) is 4.79 Å². The molecule has 0 aliphatic carbocycles. The summed E-state index contributed by atoms with van der Waals surface area (Å²) in [7, 11) is 1.32. The summed E-state index contributed by atoms with van der Waals surface area (Å²) >= 11 is 0. The molecule has 0 aliphatic heterocycles. The Bertz CT molecular complexity index is 687. The number of benzene rings is 2. The Kier molecular flexibility index (Phi) is 5.36. The number of carbonyl (C=O) groups excluding carboxylic acids is 2. The number of carbonyl (C=O) groups is 2. The van der Waals surface area contributed by atoms with Gasteiger partial charge in [0.1, 0.15) is 5.75 Å². The molecule has 0 aromatic heterocycles. The second kappa shape index (κ2) is 7.45. The van der Waals surface area contributed by atoms with Crippen molar-refractivity contribution in [2.24, 2.45) is 0 Å². The highest BCUT2D eigenvalue weighted by atomic mass is 16.5. The fraction of sp³-hybridized carbons (Fsp3) is 0.222. The summed E-state index contributed by atoms with van der Waals surface area (Å²) in [5, 5.41) is 2.71. The van der Waals surface area contributed by atoms with Crippen molar-refractivity contribution in [3.8, 4) is 5.75 Å². The molecule has 0 spiro atoms. The first kappa shape index (κ1) is 16.5. The van der Waals surface area contributed by atoms with Crippen molar-refractivity contribution < 1.29 is 19.1 Å². The van der Waals surface area contributed by atoms with Crippen LogP contribution in [0.5, 0.6) is 5.75 Å². The second-order valence-corrected chi connectivity index (χ2v) is 5.23. The van der Waals surface area contributed by atoms with Crippen molar-refractivity contribution in [3.05, 3.63) is 59.2 Å². The van der Waals surface area contributed by atoms with Gasteiger partial charge >= 0.3 is 5.97 Å². The molecule has 0 radical (unpaired) electrons. The van der Waals surface area contributed by atoms with Crippen molar-refractivity contribution in [2.45, 2.75) is 13.8 Å². The van der Waals surface area contributed by atoms with E-state index in [4.69, 9.17) is 4.74 Å². The van der Waals surface area contributed by atoms with Crippen LogP contribution in [-0.4, -0.2) is 25.6 Å². The van der Waals surface area contributed by atoms with Crippen LogP contribution in [0.25, 0.3) is 0 Å². The summed E-state index contributed by atoms with van der Waals surface area (Å²) in [5.41, 5.74) is 3.18. The Hall–Kier alpha value is -2.82. The van der Waals surface area contributed by atoms with Gasteiger partial charge in [-0.1, -0.05) is 6.07 Å². The van der Waals surface area contributed by atoms with E-state index in [0.29, 0.717) is 17.0 Å². The number of aryl methyl sites for hydroxylation is 2. The third-order valence-electron chi connectivity index (χ3n) is 3.15. The highest BCUT2D eigenvalue weighted by molar-refractivity contribution is 5.93. The molecule has 0 bridgehead atoms. The maximum atomic E-state index is 11.9. The van der Waals surface area contributed by atoms with Crippen molar-refractivity contribution in [3.63, 3.8) is 0 Å². The average molecular weight is 313 g/mol. The fourth-order valence-electron chi connectivity index (χ4n) is 2.17. The van der Waals surface area contributed by atoms with Crippen LogP contribution in [-0.2, 0) is 9.53 Å². The number of hydrogen-bond donors (Lipinski definition) is 1. The number of anilines is 1. The second-order valence-electron chi connectivity index (χ2n) is 5.23. The molecule has 1 amide bonds. The summed E-state index contributed by atoms with van der Waals surface area (Å²) in [5.74, 6) is -0.0188. The molecule has 0 atom stereocenters. The van der Waals surface area contributed by atoms with Crippen LogP contribution in [0.2, 0.25) is 0 Å². The van der Waals surface area contributed by atoms with Gasteiger partial charge in [0.25, 0.3) is 5.91 Å². The van der Waals surface area contributed by atoms with Gasteiger partial charge in [0, 0.05) is 5.69 Å². The topological polar surface area (TPSA) is 64.6 Å². The Morgan fingerprint density at radius 1 is 1.00 bits per heavy atom. The molecule has 1 N–H and O–H groups in total. The molecule has 0 unspecified atom stereocenters. The molecule has 23 heavy (non-hydrogen) atoms. The van der Waals surface area contributed by atoms with E-state index in [1.165, 1.54) is 7.11 Å². The van der Waals surface area contributed by atoms with E-state index < -0.39 is 5.97 Å². The van der Waals surface area contributed by atoms with E-state index in [1.54, 1.807) is 24.3 Å². The van der Waals surface area contributed by atoms with Gasteiger partial charge in [0.2, 0.25) is 0 Å². The molecule has 2 rings (SSSR count). The third kappa shape index (κ3) is 4.85. The van der Waals surface area contributed by atoms with Gasteiger partial charge in [0.15, 0.2) is 6.61 Å². The molecular formula is C18H19NO4. The zero-order valence-corrected chi connectivity index (χ0v) is 13.4. The van der Waals surface area contributed by atoms with Gasteiger partial charge < -0.3 is 14.8 Å². The lowest BCUT2D eigenvalue weighted by Crippen LogP contribution is -2.20. The van der Waals surface area contributed by atoms with E-state index in [2.05, 4.69) is 10.1 Å². The molecule has 120 valence electrons. The van der Waals surface area contributed by atoms with Crippen LogP contribution in [0.15, 0.2) is 42.5 Å². The standard InChI is InChI=1S/C18H19NO4/c1-12-8-13(2)10-16(9-12)23-11-17(20)19-15-6-4-14(5-7-15)18(21)22-3/h4-10H,11H2,1-3H3,(H,19,20). The van der Waals surface area contributed by atoms with E-state index in [-0.39, 0.29) is 12.5 Å². The largest absolute Gasteiger partial charge is 0.484 e. The lowest BCUT2D eigenvalue weighted by Gasteiger charge is -2.09. The van der Waals surface area contributed by atoms with E-state index in [0.717, 1.165) is 11.1 Å². The average Bonchev–Trinajstić information content (AvgIpc) is 2.52. The first-order valence-corrected chi connectivity index (χ1v) is 7.17. The number of esters is 1. The predicted octanol–water partition coefficient (Wildman–Crippen LogP) is 3.11. The fourth-order valence-corrected chi connectivity index (χ4v) is 2.17. The van der Waals surface area contributed by atoms with Crippen molar-refractivity contribution in [2.75, 3.05) is 19.0 Å². The van der Waals surface area contributed by atoms with Crippen LogP contribution in [0, 0.1) is 13.8 Å². The van der Waals surface area contributed by atoms with Crippen LogP contribution in [0.3, 0.4) is 0 Å². The highest BCUT2D eigenvalue weighted by Gasteiger charge is 2.07. The van der Waals surface area contributed by atoms with Crippen molar-refractivity contribution in [1.29, 1.82) is 0 Å². The summed E-state index contributed by atoms with van der Waals surface area (Å²) < 4.78 is 10.1. The molecule has 0 saturated carbocycles. The summed E-state index contributed by atoms with van der Waals surface area (Å²) in [4.78, 5) is 23.2. The lowest BCUT2D eigenvalue weighted by molar-refractivity contribution is -0.118. The molecule has 0 saturated heterocycles. The molecule has 2 aromatic rings. The lowest BCUT2D eigenvalue weighted by atomic mass is 10.1. The molecule has 2 aromatic carbocycles. The molecular weight excluding hydrogens is 294 g/mol. The Labute approximate surface area is 135 Å². The minimum absolute atomic E-state index is 0.0817. The van der Waals surface area contributed by atoms with Crippen LogP contribution in [0.4, 0.5) is 5.69 Å². The van der Waals surface area contributed by atoms with Gasteiger partial charge in [-0.15, -0.1) is 0 Å². The minimum atomic E-state index is -0.416. The minimum Gasteiger partial charge on any atom is -0.484 e. The number of ether oxygens (including phenoxy) is 2. The first-order chi connectivity index (χ1) is 11.0. The molecule has 0 heterocycles. The Balaban J connectivity index is 1.90. The van der Waals surface area contributed by atoms with Crippen LogP contribution < -0.4 is 10.1 Å². The molecule has 5 nitrogen and oxygen atoms in total. The predicted molar refractivity (Wildman–Crippen MR) is 87.8 cm³/mol. The van der Waals surface area contributed by atoms with Gasteiger partial charge in [-0.3, -0.25) is 4.79 Å². The number of methoxy groups -OCH3 is 1. The van der Waals surface area contributed by atoms with E-state index in [9.17, 15) is 9.59 Å². The Morgan fingerprint density at radius 2 is 1.61 bits per heavy atom. The van der Waals surface area contributed by atoms with Crippen LogP contribution >= 0.6 is 0 Å². The summed E-state index contributed by atoms with van der Waals surface area (Å²) in [6.45, 7) is 3.87. The molecule has 0 aliphatic rings. The zero-order valence-electron chi connectivity index (χ0n) is 13.4. The maximum Gasteiger partial charge on any atom is 0.337 e. The van der Waals surface area contributed by atoms with E-state index >= 15 is 0 Å². The normalized spacial score (nSPS) is 10.0. The van der Waals surface area contributed by atoms with Crippen LogP contribution in [0.1, 0.15) is 21.5 Å². The molecule has 5 heteroatoms. The third-order valence-corrected chi connectivity index (χ3v) is 3.15. The summed E-state index contributed by atoms with van der Waals surface area (Å²) in [6, 6.07) is 12.3. The van der Waals surface area contributed by atoms with Gasteiger partial charge in [-0.05, 0) is 61.4 Å². The number of amides is 1. The van der Waals surface area contributed by atoms with Gasteiger partial charge in [-0.2, -0.15) is 0 Å². The maximum absolute atomic E-state index is 11.9. The van der Waals surface area contributed by atoms with Crippen molar-refractivity contribution in [1.82, 2.24) is 0 Å². The number of hydrogen-bond acceptors (Lipinski definition) is 4. The van der Waals surface area contributed by atoms with Gasteiger partial charge in [0.05, 0.1) is 12.7 Å². The van der Waals surface area contributed by atoms with Crippen molar-refractivity contribution >= 4 is 17.6 Å². The SMILES string of the molecule is COC(=O)c1ccc(NC(=O)COc2cc(C)cc(C)c2)cc1. The Morgan fingerprint density at radius 3 is 2.17 bits per heavy atom. The quantitative estimate of drug-likeness (QED) is 0.861.